The third-order valence-electron chi connectivity index (χ3n) is 10.8. The Hall–Kier alpha value is -7.14. The summed E-state index contributed by atoms with van der Waals surface area (Å²) < 4.78 is 9.50. The molecular formula is C52H34N2OS. The molecule has 4 heteroatoms. The average molecular weight is 735 g/mol. The Bertz CT molecular complexity index is 3150. The monoisotopic (exact) mass is 734 g/mol. The van der Waals surface area contributed by atoms with Crippen LogP contribution in [0.1, 0.15) is 0 Å². The van der Waals surface area contributed by atoms with Crippen LogP contribution in [0, 0.1) is 0 Å². The zero-order valence-corrected chi connectivity index (χ0v) is 31.2. The molecule has 11 aromatic rings. The molecule has 0 aliphatic heterocycles. The maximum Gasteiger partial charge on any atom is 0.143 e. The van der Waals surface area contributed by atoms with Gasteiger partial charge in [0.15, 0.2) is 0 Å². The van der Waals surface area contributed by atoms with E-state index >= 15 is 0 Å². The molecule has 0 spiro atoms. The van der Waals surface area contributed by atoms with E-state index in [0.717, 1.165) is 66.8 Å². The lowest BCUT2D eigenvalue weighted by Gasteiger charge is -2.27. The minimum atomic E-state index is 0.846. The second-order valence-corrected chi connectivity index (χ2v) is 15.2. The van der Waals surface area contributed by atoms with Crippen LogP contribution in [-0.4, -0.2) is 0 Å². The standard InChI is InChI=1S/C52H34N2OS/c1-4-14-35(15-5-1)36-24-26-39(27-25-36)53(40-29-31-51-46(32-40)44-21-12-13-23-50(44)56-51)41-28-30-43-47-34-48(42-20-10-11-22-45(42)52(47)55-49(43)33-41)54(37-16-6-2-7-17-37)38-18-8-3-9-19-38/h1-34H. The first-order valence-corrected chi connectivity index (χ1v) is 19.7. The average Bonchev–Trinajstić information content (AvgIpc) is 3.83. The molecule has 11 rings (SSSR count). The smallest absolute Gasteiger partial charge is 0.143 e. The molecular weight excluding hydrogens is 701 g/mol. The summed E-state index contributed by atoms with van der Waals surface area (Å²) in [5, 5.41) is 6.92. The number of fused-ring (bicyclic) bond motifs is 8. The fourth-order valence-electron chi connectivity index (χ4n) is 8.21. The second kappa shape index (κ2) is 13.3. The Kier molecular flexibility index (Phi) is 7.68. The summed E-state index contributed by atoms with van der Waals surface area (Å²) in [4.78, 5) is 4.70. The van der Waals surface area contributed by atoms with Crippen LogP contribution in [-0.2, 0) is 0 Å². The lowest BCUT2D eigenvalue weighted by Crippen LogP contribution is -2.10. The molecule has 264 valence electrons. The van der Waals surface area contributed by atoms with Gasteiger partial charge in [0.2, 0.25) is 0 Å². The van der Waals surface area contributed by atoms with Gasteiger partial charge < -0.3 is 14.2 Å². The minimum absolute atomic E-state index is 0.846. The predicted octanol–water partition coefficient (Wildman–Crippen LogP) is 15.7. The summed E-state index contributed by atoms with van der Waals surface area (Å²) in [5.74, 6) is 0. The van der Waals surface area contributed by atoms with E-state index in [4.69, 9.17) is 4.42 Å². The largest absolute Gasteiger partial charge is 0.455 e. The number of hydrogen-bond acceptors (Lipinski definition) is 4. The molecule has 9 aromatic carbocycles. The molecule has 0 aliphatic rings. The van der Waals surface area contributed by atoms with Gasteiger partial charge in [-0.3, -0.25) is 0 Å². The third-order valence-corrected chi connectivity index (χ3v) is 12.0. The highest BCUT2D eigenvalue weighted by Crippen LogP contribution is 2.46. The highest BCUT2D eigenvalue weighted by Gasteiger charge is 2.22. The number of para-hydroxylation sites is 2. The van der Waals surface area contributed by atoms with E-state index in [-0.39, 0.29) is 0 Å². The summed E-state index contributed by atoms with van der Waals surface area (Å²) in [5.41, 5.74) is 10.6. The molecule has 0 bridgehead atoms. The molecule has 3 nitrogen and oxygen atoms in total. The Morgan fingerprint density at radius 3 is 1.59 bits per heavy atom. The van der Waals surface area contributed by atoms with Crippen LogP contribution in [0.4, 0.5) is 34.1 Å². The van der Waals surface area contributed by atoms with Crippen molar-refractivity contribution in [1.29, 1.82) is 0 Å². The van der Waals surface area contributed by atoms with Crippen molar-refractivity contribution in [3.05, 3.63) is 206 Å². The van der Waals surface area contributed by atoms with Crippen LogP contribution in [0.5, 0.6) is 0 Å². The molecule has 0 radical (unpaired) electrons. The number of furan rings is 1. The summed E-state index contributed by atoms with van der Waals surface area (Å²) in [6.45, 7) is 0. The Morgan fingerprint density at radius 2 is 0.857 bits per heavy atom. The quantitative estimate of drug-likeness (QED) is 0.163. The number of benzene rings is 9. The first-order valence-electron chi connectivity index (χ1n) is 18.9. The van der Waals surface area contributed by atoms with Gasteiger partial charge in [0, 0.05) is 76.2 Å². The number of thiophene rings is 1. The summed E-state index contributed by atoms with van der Waals surface area (Å²) in [6, 6.07) is 73.7. The van der Waals surface area contributed by atoms with E-state index < -0.39 is 0 Å². The lowest BCUT2D eigenvalue weighted by atomic mass is 10.0. The highest BCUT2D eigenvalue weighted by atomic mass is 32.1. The van der Waals surface area contributed by atoms with Crippen LogP contribution in [0.3, 0.4) is 0 Å². The van der Waals surface area contributed by atoms with Gasteiger partial charge >= 0.3 is 0 Å². The van der Waals surface area contributed by atoms with Crippen molar-refractivity contribution in [3.8, 4) is 11.1 Å². The van der Waals surface area contributed by atoms with Gasteiger partial charge in [0.25, 0.3) is 0 Å². The van der Waals surface area contributed by atoms with E-state index in [1.54, 1.807) is 0 Å². The zero-order chi connectivity index (χ0) is 37.0. The van der Waals surface area contributed by atoms with Gasteiger partial charge in [0.1, 0.15) is 11.2 Å². The SMILES string of the molecule is c1ccc(-c2ccc(N(c3ccc4c(c3)oc3c5ccccc5c(N(c5ccccc5)c5ccccc5)cc43)c3ccc4sc5ccccc5c4c3)cc2)cc1. The maximum atomic E-state index is 6.92. The molecule has 0 atom stereocenters. The Morgan fingerprint density at radius 1 is 0.321 bits per heavy atom. The van der Waals surface area contributed by atoms with Crippen molar-refractivity contribution in [2.24, 2.45) is 0 Å². The molecule has 0 aliphatic carbocycles. The van der Waals surface area contributed by atoms with Crippen molar-refractivity contribution in [2.45, 2.75) is 0 Å². The lowest BCUT2D eigenvalue weighted by molar-refractivity contribution is 0.672. The van der Waals surface area contributed by atoms with Crippen LogP contribution in [0.15, 0.2) is 211 Å². The summed E-state index contributed by atoms with van der Waals surface area (Å²) >= 11 is 1.84. The van der Waals surface area contributed by atoms with Crippen LogP contribution in [0.25, 0.3) is 64.0 Å². The number of hydrogen-bond donors (Lipinski definition) is 0. The molecule has 0 saturated carbocycles. The van der Waals surface area contributed by atoms with Crippen molar-refractivity contribution in [2.75, 3.05) is 9.80 Å². The van der Waals surface area contributed by atoms with Crippen LogP contribution < -0.4 is 9.80 Å². The molecule has 0 saturated heterocycles. The van der Waals surface area contributed by atoms with Gasteiger partial charge in [0.05, 0.1) is 5.69 Å². The van der Waals surface area contributed by atoms with Crippen molar-refractivity contribution < 1.29 is 4.42 Å². The predicted molar refractivity (Wildman–Crippen MR) is 239 cm³/mol. The highest BCUT2D eigenvalue weighted by molar-refractivity contribution is 7.25. The van der Waals surface area contributed by atoms with Crippen molar-refractivity contribution >= 4 is 98.3 Å². The maximum absolute atomic E-state index is 6.92. The molecule has 0 unspecified atom stereocenters. The topological polar surface area (TPSA) is 19.6 Å². The van der Waals surface area contributed by atoms with E-state index in [9.17, 15) is 0 Å². The van der Waals surface area contributed by atoms with E-state index in [2.05, 4.69) is 216 Å². The Labute approximate surface area is 328 Å². The first kappa shape index (κ1) is 32.3. The molecule has 56 heavy (non-hydrogen) atoms. The van der Waals surface area contributed by atoms with Crippen LogP contribution in [0.2, 0.25) is 0 Å². The van der Waals surface area contributed by atoms with E-state index in [0.29, 0.717) is 0 Å². The van der Waals surface area contributed by atoms with Gasteiger partial charge in [-0.05, 0) is 90.0 Å². The molecule has 0 amide bonds. The molecule has 0 fully saturated rings. The number of anilines is 6. The molecule has 0 N–H and O–H groups in total. The van der Waals surface area contributed by atoms with Gasteiger partial charge in [-0.1, -0.05) is 121 Å². The molecule has 2 aromatic heterocycles. The van der Waals surface area contributed by atoms with E-state index in [1.165, 1.54) is 31.3 Å². The Balaban J connectivity index is 1.11. The van der Waals surface area contributed by atoms with Gasteiger partial charge in [-0.15, -0.1) is 11.3 Å². The molecule has 2 heterocycles. The van der Waals surface area contributed by atoms with E-state index in [1.807, 2.05) is 11.3 Å². The summed E-state index contributed by atoms with van der Waals surface area (Å²) in [7, 11) is 0. The summed E-state index contributed by atoms with van der Waals surface area (Å²) in [6.07, 6.45) is 0. The first-order chi connectivity index (χ1) is 27.8. The van der Waals surface area contributed by atoms with Gasteiger partial charge in [-0.25, -0.2) is 0 Å². The number of rotatable bonds is 7. The normalized spacial score (nSPS) is 11.6. The second-order valence-electron chi connectivity index (χ2n) is 14.1. The fourth-order valence-corrected chi connectivity index (χ4v) is 9.29. The number of nitrogens with zero attached hydrogens (tertiary/aromatic N) is 2. The van der Waals surface area contributed by atoms with Crippen LogP contribution >= 0.6 is 11.3 Å². The fraction of sp³-hybridized carbons (Fsp3) is 0. The zero-order valence-electron chi connectivity index (χ0n) is 30.3. The third kappa shape index (κ3) is 5.42. The minimum Gasteiger partial charge on any atom is -0.455 e. The van der Waals surface area contributed by atoms with Crippen molar-refractivity contribution in [3.63, 3.8) is 0 Å². The van der Waals surface area contributed by atoms with Gasteiger partial charge in [-0.2, -0.15) is 0 Å². The van der Waals surface area contributed by atoms with Crippen molar-refractivity contribution in [1.82, 2.24) is 0 Å².